The quantitative estimate of drug-likeness (QED) is 0.788. The number of hydrogen-bond acceptors (Lipinski definition) is 2. The van der Waals surface area contributed by atoms with Gasteiger partial charge in [0.05, 0.1) is 11.4 Å². The van der Waals surface area contributed by atoms with Gasteiger partial charge in [-0.3, -0.25) is 0 Å². The average molecular weight is 295 g/mol. The number of ether oxygens (including phenoxy) is 1. The molecule has 0 saturated carbocycles. The minimum absolute atomic E-state index is 0.437. The molecule has 0 atom stereocenters. The van der Waals surface area contributed by atoms with E-state index in [-0.39, 0.29) is 0 Å². The van der Waals surface area contributed by atoms with Gasteiger partial charge in [-0.1, -0.05) is 55.1 Å². The van der Waals surface area contributed by atoms with Crippen LogP contribution in [0.4, 0.5) is 10.5 Å². The fourth-order valence-electron chi connectivity index (χ4n) is 2.02. The van der Waals surface area contributed by atoms with Gasteiger partial charge in [0.15, 0.2) is 0 Å². The molecule has 0 N–H and O–H groups in total. The van der Waals surface area contributed by atoms with Gasteiger partial charge in [0.1, 0.15) is 5.60 Å². The fraction of sp³-hybridized carbons (Fsp3) is 0.211. The number of amides is 1. The van der Waals surface area contributed by atoms with Crippen molar-refractivity contribution in [3.05, 3.63) is 72.8 Å². The van der Waals surface area contributed by atoms with Crippen LogP contribution < -0.4 is 4.90 Å². The molecule has 0 aliphatic carbocycles. The van der Waals surface area contributed by atoms with Crippen molar-refractivity contribution in [1.29, 1.82) is 0 Å². The molecule has 0 heterocycles. The Balaban J connectivity index is 2.38. The van der Waals surface area contributed by atoms with Crippen LogP contribution in [0.2, 0.25) is 0 Å². The van der Waals surface area contributed by atoms with Gasteiger partial charge in [-0.2, -0.15) is 0 Å². The topological polar surface area (TPSA) is 29.5 Å². The molecule has 0 bridgehead atoms. The first kappa shape index (κ1) is 15.8. The second kappa shape index (κ2) is 6.48. The van der Waals surface area contributed by atoms with Gasteiger partial charge in [-0.15, -0.1) is 0 Å². The lowest BCUT2D eigenvalue weighted by molar-refractivity contribution is 0.0600. The molecular formula is C19H21NO2. The molecule has 3 heteroatoms. The van der Waals surface area contributed by atoms with Crippen molar-refractivity contribution < 1.29 is 9.53 Å². The normalized spacial score (nSPS) is 10.9. The molecule has 22 heavy (non-hydrogen) atoms. The molecule has 0 aliphatic heterocycles. The van der Waals surface area contributed by atoms with Crippen LogP contribution in [0.5, 0.6) is 0 Å². The van der Waals surface area contributed by atoms with Gasteiger partial charge in [-0.25, -0.2) is 9.69 Å². The second-order valence-electron chi connectivity index (χ2n) is 5.96. The highest BCUT2D eigenvalue weighted by Gasteiger charge is 2.25. The number of para-hydroxylation sites is 1. The first-order valence-electron chi connectivity index (χ1n) is 7.21. The summed E-state index contributed by atoms with van der Waals surface area (Å²) in [6, 6.07) is 19.0. The van der Waals surface area contributed by atoms with E-state index in [9.17, 15) is 4.79 Å². The smallest absolute Gasteiger partial charge is 0.419 e. The number of carbonyl (C=O) groups excluding carboxylic acids is 1. The van der Waals surface area contributed by atoms with E-state index in [1.165, 1.54) is 4.90 Å². The third-order valence-corrected chi connectivity index (χ3v) is 2.97. The number of carbonyl (C=O) groups is 1. The van der Waals surface area contributed by atoms with Crippen LogP contribution in [0.1, 0.15) is 26.3 Å². The summed E-state index contributed by atoms with van der Waals surface area (Å²) in [5.41, 5.74) is 1.62. The van der Waals surface area contributed by atoms with Crippen molar-refractivity contribution in [3.63, 3.8) is 0 Å². The number of nitrogens with zero attached hydrogens (tertiary/aromatic N) is 1. The van der Waals surface area contributed by atoms with Crippen molar-refractivity contribution in [2.75, 3.05) is 4.90 Å². The molecule has 0 fully saturated rings. The van der Waals surface area contributed by atoms with E-state index in [4.69, 9.17) is 4.74 Å². The van der Waals surface area contributed by atoms with Gasteiger partial charge in [-0.05, 0) is 38.5 Å². The largest absolute Gasteiger partial charge is 0.443 e. The van der Waals surface area contributed by atoms with E-state index >= 15 is 0 Å². The molecule has 2 aromatic carbocycles. The third kappa shape index (κ3) is 3.98. The van der Waals surface area contributed by atoms with E-state index in [1.807, 2.05) is 81.4 Å². The molecule has 0 unspecified atom stereocenters. The summed E-state index contributed by atoms with van der Waals surface area (Å²) >= 11 is 0. The zero-order valence-corrected chi connectivity index (χ0v) is 13.2. The molecule has 1 amide bonds. The Hall–Kier alpha value is -2.55. The summed E-state index contributed by atoms with van der Waals surface area (Å²) < 4.78 is 5.52. The van der Waals surface area contributed by atoms with Gasteiger partial charge in [0, 0.05) is 0 Å². The van der Waals surface area contributed by atoms with Crippen LogP contribution >= 0.6 is 0 Å². The molecule has 2 aromatic rings. The van der Waals surface area contributed by atoms with Crippen LogP contribution in [0.15, 0.2) is 67.2 Å². The lowest BCUT2D eigenvalue weighted by atomic mass is 10.1. The Labute approximate surface area is 131 Å². The minimum Gasteiger partial charge on any atom is -0.443 e. The predicted molar refractivity (Wildman–Crippen MR) is 90.6 cm³/mol. The zero-order chi connectivity index (χ0) is 16.2. The highest BCUT2D eigenvalue weighted by atomic mass is 16.6. The summed E-state index contributed by atoms with van der Waals surface area (Å²) in [4.78, 5) is 14.1. The molecule has 114 valence electrons. The third-order valence-electron chi connectivity index (χ3n) is 2.97. The second-order valence-corrected chi connectivity index (χ2v) is 5.96. The maximum Gasteiger partial charge on any atom is 0.419 e. The summed E-state index contributed by atoms with van der Waals surface area (Å²) in [5.74, 6) is 0. The van der Waals surface area contributed by atoms with Crippen LogP contribution in [-0.4, -0.2) is 11.7 Å². The van der Waals surface area contributed by atoms with Crippen LogP contribution in [0, 0.1) is 0 Å². The highest BCUT2D eigenvalue weighted by Crippen LogP contribution is 2.27. The Bertz CT molecular complexity index is 642. The Kier molecular flexibility index (Phi) is 4.66. The predicted octanol–water partition coefficient (Wildman–Crippen LogP) is 5.10. The van der Waals surface area contributed by atoms with Gasteiger partial charge >= 0.3 is 6.09 Å². The highest BCUT2D eigenvalue weighted by molar-refractivity contribution is 6.01. The van der Waals surface area contributed by atoms with Crippen molar-refractivity contribution in [3.8, 4) is 0 Å². The minimum atomic E-state index is -0.568. The average Bonchev–Trinajstić information content (AvgIpc) is 2.47. The maximum absolute atomic E-state index is 12.6. The molecule has 2 rings (SSSR count). The number of rotatable bonds is 3. The van der Waals surface area contributed by atoms with Gasteiger partial charge in [0.2, 0.25) is 0 Å². The van der Waals surface area contributed by atoms with Crippen molar-refractivity contribution in [2.24, 2.45) is 0 Å². The molecule has 0 spiro atoms. The SMILES string of the molecule is C=C(c1ccccc1)N(C(=O)OC(C)(C)C)c1ccccc1. The molecule has 0 radical (unpaired) electrons. The standard InChI is InChI=1S/C19H21NO2/c1-15(16-11-7-5-8-12-16)20(17-13-9-6-10-14-17)18(21)22-19(2,3)4/h5-14H,1H2,2-4H3. The van der Waals surface area contributed by atoms with Gasteiger partial charge in [0.25, 0.3) is 0 Å². The molecular weight excluding hydrogens is 274 g/mol. The van der Waals surface area contributed by atoms with E-state index < -0.39 is 11.7 Å². The monoisotopic (exact) mass is 295 g/mol. The van der Waals surface area contributed by atoms with Crippen molar-refractivity contribution >= 4 is 17.5 Å². The maximum atomic E-state index is 12.6. The van der Waals surface area contributed by atoms with E-state index in [1.54, 1.807) is 0 Å². The van der Waals surface area contributed by atoms with E-state index in [0.29, 0.717) is 5.70 Å². The van der Waals surface area contributed by atoms with Gasteiger partial charge < -0.3 is 4.74 Å². The van der Waals surface area contributed by atoms with Crippen LogP contribution in [0.3, 0.4) is 0 Å². The summed E-state index contributed by atoms with van der Waals surface area (Å²) in [5, 5.41) is 0. The first-order chi connectivity index (χ1) is 10.4. The number of hydrogen-bond donors (Lipinski definition) is 0. The summed E-state index contributed by atoms with van der Waals surface area (Å²) in [6.07, 6.45) is -0.437. The van der Waals surface area contributed by atoms with Crippen LogP contribution in [-0.2, 0) is 4.74 Å². The molecule has 3 nitrogen and oxygen atoms in total. The van der Waals surface area contributed by atoms with Crippen molar-refractivity contribution in [2.45, 2.75) is 26.4 Å². The van der Waals surface area contributed by atoms with Crippen LogP contribution in [0.25, 0.3) is 5.70 Å². The Morgan fingerprint density at radius 2 is 1.45 bits per heavy atom. The first-order valence-corrected chi connectivity index (χ1v) is 7.21. The zero-order valence-electron chi connectivity index (χ0n) is 13.2. The summed E-state index contributed by atoms with van der Waals surface area (Å²) in [6.45, 7) is 9.62. The Morgan fingerprint density at radius 1 is 0.955 bits per heavy atom. The lowest BCUT2D eigenvalue weighted by Crippen LogP contribution is -2.35. The lowest BCUT2D eigenvalue weighted by Gasteiger charge is -2.28. The Morgan fingerprint density at radius 3 is 1.95 bits per heavy atom. The van der Waals surface area contributed by atoms with E-state index in [0.717, 1.165) is 11.3 Å². The van der Waals surface area contributed by atoms with E-state index in [2.05, 4.69) is 6.58 Å². The molecule has 0 aliphatic rings. The molecule has 0 aromatic heterocycles. The number of benzene rings is 2. The van der Waals surface area contributed by atoms with Crippen molar-refractivity contribution in [1.82, 2.24) is 0 Å². The number of anilines is 1. The molecule has 0 saturated heterocycles. The summed E-state index contributed by atoms with van der Waals surface area (Å²) in [7, 11) is 0. The fourth-order valence-corrected chi connectivity index (χ4v) is 2.02.